The van der Waals surface area contributed by atoms with Gasteiger partial charge in [0.15, 0.2) is 0 Å². The van der Waals surface area contributed by atoms with Gasteiger partial charge in [-0.05, 0) is 67.9 Å². The van der Waals surface area contributed by atoms with E-state index in [1.807, 2.05) is 0 Å². The van der Waals surface area contributed by atoms with E-state index in [2.05, 4.69) is 41.3 Å². The summed E-state index contributed by atoms with van der Waals surface area (Å²) in [7, 11) is 0. The van der Waals surface area contributed by atoms with Crippen LogP contribution in [0.25, 0.3) is 0 Å². The zero-order valence-corrected chi connectivity index (χ0v) is 11.9. The van der Waals surface area contributed by atoms with Crippen molar-refractivity contribution >= 4 is 5.69 Å². The summed E-state index contributed by atoms with van der Waals surface area (Å²) in [5, 5.41) is 9.26. The van der Waals surface area contributed by atoms with Gasteiger partial charge in [-0.2, -0.15) is 5.26 Å². The molecule has 0 atom stereocenters. The molecule has 1 aromatic carbocycles. The maximum Gasteiger partial charge on any atom is 0.106 e. The lowest BCUT2D eigenvalue weighted by atomic mass is 9.54. The van der Waals surface area contributed by atoms with Crippen LogP contribution in [0.15, 0.2) is 30.3 Å². The second-order valence-corrected chi connectivity index (χ2v) is 7.04. The number of hydrogen-bond donors (Lipinski definition) is 0. The maximum atomic E-state index is 9.26. The van der Waals surface area contributed by atoms with Crippen molar-refractivity contribution in [2.75, 3.05) is 11.4 Å². The number of nitriles is 1. The average Bonchev–Trinajstić information content (AvgIpc) is 2.46. The summed E-state index contributed by atoms with van der Waals surface area (Å²) in [6, 6.07) is 13.6. The lowest BCUT2D eigenvalue weighted by molar-refractivity contribution is -0.00205. The van der Waals surface area contributed by atoms with Crippen LogP contribution in [0.5, 0.6) is 0 Å². The summed E-state index contributed by atoms with van der Waals surface area (Å²) in [6.07, 6.45) is 7.13. The van der Waals surface area contributed by atoms with E-state index in [1.165, 1.54) is 37.8 Å². The number of hydrogen-bond acceptors (Lipinski definition) is 2. The summed E-state index contributed by atoms with van der Waals surface area (Å²) in [5.74, 6) is 3.65. The van der Waals surface area contributed by atoms with Gasteiger partial charge >= 0.3 is 0 Å². The van der Waals surface area contributed by atoms with E-state index in [-0.39, 0.29) is 0 Å². The van der Waals surface area contributed by atoms with Crippen molar-refractivity contribution in [1.29, 1.82) is 5.26 Å². The van der Waals surface area contributed by atoms with Crippen molar-refractivity contribution in [3.05, 3.63) is 30.3 Å². The number of benzene rings is 1. The third kappa shape index (κ3) is 1.92. The van der Waals surface area contributed by atoms with E-state index in [0.29, 0.717) is 12.6 Å². The van der Waals surface area contributed by atoms with Gasteiger partial charge in [-0.3, -0.25) is 0 Å². The summed E-state index contributed by atoms with van der Waals surface area (Å²) < 4.78 is 0. The Hall–Kier alpha value is -1.49. The molecule has 0 N–H and O–H groups in total. The van der Waals surface area contributed by atoms with Gasteiger partial charge in [0.25, 0.3) is 0 Å². The minimum absolute atomic E-state index is 0.539. The Balaban J connectivity index is 1.65. The van der Waals surface area contributed by atoms with E-state index in [1.54, 1.807) is 0 Å². The van der Waals surface area contributed by atoms with Gasteiger partial charge in [0.1, 0.15) is 6.54 Å². The molecule has 4 bridgehead atoms. The smallest absolute Gasteiger partial charge is 0.106 e. The minimum Gasteiger partial charge on any atom is -0.355 e. The number of nitrogens with zero attached hydrogens (tertiary/aromatic N) is 2. The minimum atomic E-state index is 0.539. The van der Waals surface area contributed by atoms with Crippen LogP contribution in [0.2, 0.25) is 0 Å². The lowest BCUT2D eigenvalue weighted by Crippen LogP contribution is -2.56. The SMILES string of the molecule is N#CCN(c1ccccc1)C1C2CC3CC(C2)CC1C3. The molecule has 0 aromatic heterocycles. The molecule has 5 rings (SSSR count). The van der Waals surface area contributed by atoms with Gasteiger partial charge in [-0.25, -0.2) is 0 Å². The van der Waals surface area contributed by atoms with Crippen LogP contribution in [0, 0.1) is 35.0 Å². The number of anilines is 1. The highest BCUT2D eigenvalue weighted by Gasteiger charge is 2.50. The predicted octanol–water partition coefficient (Wildman–Crippen LogP) is 3.84. The molecular weight excluding hydrogens is 244 g/mol. The Morgan fingerprint density at radius 3 is 2.10 bits per heavy atom. The van der Waals surface area contributed by atoms with Gasteiger partial charge in [0.2, 0.25) is 0 Å². The highest BCUT2D eigenvalue weighted by molar-refractivity contribution is 5.49. The van der Waals surface area contributed by atoms with Gasteiger partial charge in [-0.1, -0.05) is 18.2 Å². The number of rotatable bonds is 3. The molecule has 0 radical (unpaired) electrons. The summed E-state index contributed by atoms with van der Waals surface area (Å²) in [5.41, 5.74) is 1.24. The molecule has 0 heterocycles. The summed E-state index contributed by atoms with van der Waals surface area (Å²) in [4.78, 5) is 2.41. The molecule has 2 nitrogen and oxygen atoms in total. The predicted molar refractivity (Wildman–Crippen MR) is 80.2 cm³/mol. The van der Waals surface area contributed by atoms with Crippen LogP contribution >= 0.6 is 0 Å². The molecule has 4 fully saturated rings. The molecule has 20 heavy (non-hydrogen) atoms. The molecule has 4 aliphatic rings. The third-order valence-electron chi connectivity index (χ3n) is 5.87. The molecule has 2 heteroatoms. The molecule has 104 valence electrons. The van der Waals surface area contributed by atoms with Gasteiger partial charge < -0.3 is 4.90 Å². The maximum absolute atomic E-state index is 9.26. The third-order valence-corrected chi connectivity index (χ3v) is 5.87. The quantitative estimate of drug-likeness (QED) is 0.777. The second-order valence-electron chi connectivity index (χ2n) is 7.04. The lowest BCUT2D eigenvalue weighted by Gasteiger charge is -2.57. The molecular formula is C18H22N2. The van der Waals surface area contributed by atoms with Gasteiger partial charge in [0.05, 0.1) is 6.07 Å². The van der Waals surface area contributed by atoms with Crippen LogP contribution in [0.1, 0.15) is 32.1 Å². The van der Waals surface area contributed by atoms with Crippen LogP contribution in [-0.2, 0) is 0 Å². The largest absolute Gasteiger partial charge is 0.355 e. The molecule has 0 amide bonds. The van der Waals surface area contributed by atoms with Crippen LogP contribution < -0.4 is 4.90 Å². The first-order valence-electron chi connectivity index (χ1n) is 8.04. The first kappa shape index (κ1) is 12.3. The summed E-state index contributed by atoms with van der Waals surface area (Å²) in [6.45, 7) is 0.539. The van der Waals surface area contributed by atoms with E-state index in [4.69, 9.17) is 0 Å². The van der Waals surface area contributed by atoms with Crippen molar-refractivity contribution < 1.29 is 0 Å². The Labute approximate surface area is 121 Å². The normalized spacial score (nSPS) is 37.6. The van der Waals surface area contributed by atoms with Crippen LogP contribution in [0.4, 0.5) is 5.69 Å². The van der Waals surface area contributed by atoms with Crippen LogP contribution in [0.3, 0.4) is 0 Å². The zero-order valence-electron chi connectivity index (χ0n) is 11.9. The monoisotopic (exact) mass is 266 g/mol. The second kappa shape index (κ2) is 4.81. The molecule has 0 spiro atoms. The van der Waals surface area contributed by atoms with Gasteiger partial charge in [-0.15, -0.1) is 0 Å². The Kier molecular flexibility index (Phi) is 2.95. The highest BCUT2D eigenvalue weighted by Crippen LogP contribution is 2.55. The van der Waals surface area contributed by atoms with Crippen molar-refractivity contribution in [2.45, 2.75) is 38.1 Å². The van der Waals surface area contributed by atoms with E-state index < -0.39 is 0 Å². The molecule has 4 aliphatic carbocycles. The Morgan fingerprint density at radius 1 is 0.950 bits per heavy atom. The van der Waals surface area contributed by atoms with Crippen LogP contribution in [-0.4, -0.2) is 12.6 Å². The molecule has 1 aromatic rings. The molecule has 4 saturated carbocycles. The molecule has 0 aliphatic heterocycles. The Morgan fingerprint density at radius 2 is 1.55 bits per heavy atom. The fourth-order valence-electron chi connectivity index (χ4n) is 5.47. The van der Waals surface area contributed by atoms with Crippen molar-refractivity contribution in [1.82, 2.24) is 0 Å². The van der Waals surface area contributed by atoms with Gasteiger partial charge in [0, 0.05) is 11.7 Å². The first-order valence-corrected chi connectivity index (χ1v) is 8.04. The molecule has 0 unspecified atom stereocenters. The average molecular weight is 266 g/mol. The van der Waals surface area contributed by atoms with E-state index >= 15 is 0 Å². The fourth-order valence-corrected chi connectivity index (χ4v) is 5.47. The van der Waals surface area contributed by atoms with Crippen molar-refractivity contribution in [3.8, 4) is 6.07 Å². The molecule has 0 saturated heterocycles. The first-order chi connectivity index (χ1) is 9.85. The van der Waals surface area contributed by atoms with Crippen molar-refractivity contribution in [2.24, 2.45) is 23.7 Å². The highest BCUT2D eigenvalue weighted by atomic mass is 15.2. The van der Waals surface area contributed by atoms with E-state index in [0.717, 1.165) is 23.7 Å². The number of para-hydroxylation sites is 1. The topological polar surface area (TPSA) is 27.0 Å². The fraction of sp³-hybridized carbons (Fsp3) is 0.611. The zero-order chi connectivity index (χ0) is 13.5. The summed E-state index contributed by atoms with van der Waals surface area (Å²) >= 11 is 0. The van der Waals surface area contributed by atoms with E-state index in [9.17, 15) is 5.26 Å². The van der Waals surface area contributed by atoms with Crippen molar-refractivity contribution in [3.63, 3.8) is 0 Å². The Bertz CT molecular complexity index is 488. The standard InChI is InChI=1S/C18H22N2/c19-6-7-20(17-4-2-1-3-5-17)18-15-9-13-8-14(11-15)12-16(18)10-13/h1-5,13-16,18H,7-12H2.